The summed E-state index contributed by atoms with van der Waals surface area (Å²) in [7, 11) is 0. The standard InChI is InChI=1S/C24H30N2O4/c1-24(2,3)30-23(29)26-14-13-25(16-19-9-11-20(12-10-19)22(27)28)21(17-26)15-18-7-5-4-6-8-18/h4-12,21H,13-17H2,1-3H3,(H,27,28)/t21-/m1/s1. The van der Waals surface area contributed by atoms with Gasteiger partial charge in [0.2, 0.25) is 0 Å². The maximum absolute atomic E-state index is 12.6. The third-order valence-electron chi connectivity index (χ3n) is 5.16. The highest BCUT2D eigenvalue weighted by molar-refractivity contribution is 5.87. The Morgan fingerprint density at radius 2 is 1.67 bits per heavy atom. The summed E-state index contributed by atoms with van der Waals surface area (Å²) in [5.41, 5.74) is 2.05. The Hall–Kier alpha value is -2.86. The molecule has 0 bridgehead atoms. The second-order valence-corrected chi connectivity index (χ2v) is 8.74. The van der Waals surface area contributed by atoms with Gasteiger partial charge in [-0.1, -0.05) is 42.5 Å². The Balaban J connectivity index is 1.74. The molecule has 3 rings (SSSR count). The number of carboxylic acid groups (broad SMARTS) is 1. The molecule has 0 aromatic heterocycles. The van der Waals surface area contributed by atoms with E-state index >= 15 is 0 Å². The summed E-state index contributed by atoms with van der Waals surface area (Å²) in [6, 6.07) is 17.4. The van der Waals surface area contributed by atoms with Crippen LogP contribution in [0.15, 0.2) is 54.6 Å². The van der Waals surface area contributed by atoms with Crippen molar-refractivity contribution in [1.29, 1.82) is 0 Å². The Bertz CT molecular complexity index is 859. The topological polar surface area (TPSA) is 70.1 Å². The molecule has 1 N–H and O–H groups in total. The largest absolute Gasteiger partial charge is 0.478 e. The third kappa shape index (κ3) is 6.07. The number of carbonyl (C=O) groups is 2. The second kappa shape index (κ2) is 9.30. The lowest BCUT2D eigenvalue weighted by atomic mass is 10.0. The second-order valence-electron chi connectivity index (χ2n) is 8.74. The van der Waals surface area contributed by atoms with Gasteiger partial charge in [0.15, 0.2) is 0 Å². The first kappa shape index (κ1) is 21.8. The molecule has 0 spiro atoms. The molecule has 1 aliphatic heterocycles. The lowest BCUT2D eigenvalue weighted by Crippen LogP contribution is -2.55. The highest BCUT2D eigenvalue weighted by atomic mass is 16.6. The van der Waals surface area contributed by atoms with Crippen molar-refractivity contribution >= 4 is 12.1 Å². The predicted molar refractivity (Wildman–Crippen MR) is 116 cm³/mol. The minimum Gasteiger partial charge on any atom is -0.478 e. The minimum atomic E-state index is -0.922. The Morgan fingerprint density at radius 3 is 2.27 bits per heavy atom. The van der Waals surface area contributed by atoms with Gasteiger partial charge in [0.25, 0.3) is 0 Å². The lowest BCUT2D eigenvalue weighted by molar-refractivity contribution is 0.00240. The molecular formula is C24H30N2O4. The van der Waals surface area contributed by atoms with Crippen LogP contribution in [0.5, 0.6) is 0 Å². The highest BCUT2D eigenvalue weighted by Gasteiger charge is 2.32. The van der Waals surface area contributed by atoms with Crippen LogP contribution in [0.25, 0.3) is 0 Å². The van der Waals surface area contributed by atoms with Gasteiger partial charge >= 0.3 is 12.1 Å². The van der Waals surface area contributed by atoms with Crippen molar-refractivity contribution in [3.63, 3.8) is 0 Å². The van der Waals surface area contributed by atoms with Gasteiger partial charge in [0.1, 0.15) is 5.60 Å². The smallest absolute Gasteiger partial charge is 0.410 e. The monoisotopic (exact) mass is 410 g/mol. The summed E-state index contributed by atoms with van der Waals surface area (Å²) < 4.78 is 5.58. The first-order chi connectivity index (χ1) is 14.2. The van der Waals surface area contributed by atoms with Gasteiger partial charge in [0.05, 0.1) is 5.56 Å². The first-order valence-electron chi connectivity index (χ1n) is 10.3. The van der Waals surface area contributed by atoms with Crippen LogP contribution in [0.4, 0.5) is 4.79 Å². The van der Waals surface area contributed by atoms with Crippen molar-refractivity contribution in [3.05, 3.63) is 71.3 Å². The zero-order chi connectivity index (χ0) is 21.7. The Kier molecular flexibility index (Phi) is 6.77. The van der Waals surface area contributed by atoms with E-state index in [9.17, 15) is 9.59 Å². The Morgan fingerprint density at radius 1 is 1.00 bits per heavy atom. The van der Waals surface area contributed by atoms with Gasteiger partial charge in [0, 0.05) is 32.2 Å². The van der Waals surface area contributed by atoms with Gasteiger partial charge in [-0.3, -0.25) is 4.90 Å². The quantitative estimate of drug-likeness (QED) is 0.805. The summed E-state index contributed by atoms with van der Waals surface area (Å²) in [6.07, 6.45) is 0.555. The van der Waals surface area contributed by atoms with Crippen LogP contribution in [0.2, 0.25) is 0 Å². The van der Waals surface area contributed by atoms with Crippen LogP contribution in [-0.2, 0) is 17.7 Å². The summed E-state index contributed by atoms with van der Waals surface area (Å²) in [5.74, 6) is -0.922. The maximum atomic E-state index is 12.6. The van der Waals surface area contributed by atoms with Crippen molar-refractivity contribution in [3.8, 4) is 0 Å². The van der Waals surface area contributed by atoms with E-state index in [1.165, 1.54) is 5.56 Å². The molecule has 1 aliphatic rings. The van der Waals surface area contributed by atoms with Crippen LogP contribution in [-0.4, -0.2) is 58.2 Å². The normalized spacial score (nSPS) is 17.6. The lowest BCUT2D eigenvalue weighted by Gasteiger charge is -2.42. The fourth-order valence-corrected chi connectivity index (χ4v) is 3.66. The zero-order valence-electron chi connectivity index (χ0n) is 17.9. The molecule has 6 heteroatoms. The van der Waals surface area contributed by atoms with Crippen LogP contribution < -0.4 is 0 Å². The van der Waals surface area contributed by atoms with Crippen molar-refractivity contribution in [2.75, 3.05) is 19.6 Å². The number of nitrogens with zero attached hydrogens (tertiary/aromatic N) is 2. The molecule has 30 heavy (non-hydrogen) atoms. The maximum Gasteiger partial charge on any atom is 0.410 e. The van der Waals surface area contributed by atoms with E-state index in [-0.39, 0.29) is 17.7 Å². The summed E-state index contributed by atoms with van der Waals surface area (Å²) >= 11 is 0. The molecule has 160 valence electrons. The highest BCUT2D eigenvalue weighted by Crippen LogP contribution is 2.20. The number of ether oxygens (including phenoxy) is 1. The molecule has 2 aromatic carbocycles. The molecule has 1 fully saturated rings. The number of benzene rings is 2. The van der Waals surface area contributed by atoms with E-state index in [2.05, 4.69) is 17.0 Å². The number of rotatable bonds is 5. The number of aromatic carboxylic acids is 1. The van der Waals surface area contributed by atoms with Crippen LogP contribution in [0.1, 0.15) is 42.3 Å². The number of carboxylic acids is 1. The van der Waals surface area contributed by atoms with E-state index < -0.39 is 11.6 Å². The molecule has 1 amide bonds. The van der Waals surface area contributed by atoms with E-state index in [0.29, 0.717) is 19.6 Å². The fraction of sp³-hybridized carbons (Fsp3) is 0.417. The molecule has 1 atom stereocenters. The third-order valence-corrected chi connectivity index (χ3v) is 5.16. The van der Waals surface area contributed by atoms with Crippen molar-refractivity contribution < 1.29 is 19.4 Å². The van der Waals surface area contributed by atoms with E-state index in [1.807, 2.05) is 51.1 Å². The van der Waals surface area contributed by atoms with E-state index in [1.54, 1.807) is 17.0 Å². The van der Waals surface area contributed by atoms with Crippen LogP contribution >= 0.6 is 0 Å². The minimum absolute atomic E-state index is 0.146. The van der Waals surface area contributed by atoms with Crippen LogP contribution in [0.3, 0.4) is 0 Å². The molecule has 0 radical (unpaired) electrons. The average molecular weight is 411 g/mol. The van der Waals surface area contributed by atoms with Crippen molar-refractivity contribution in [2.45, 2.75) is 45.4 Å². The average Bonchev–Trinajstić information content (AvgIpc) is 2.69. The van der Waals surface area contributed by atoms with Gasteiger partial charge in [-0.15, -0.1) is 0 Å². The van der Waals surface area contributed by atoms with Gasteiger partial charge < -0.3 is 14.7 Å². The molecule has 0 unspecified atom stereocenters. The number of hydrogen-bond donors (Lipinski definition) is 1. The number of hydrogen-bond acceptors (Lipinski definition) is 4. The SMILES string of the molecule is CC(C)(C)OC(=O)N1CCN(Cc2ccc(C(=O)O)cc2)[C@H](Cc2ccccc2)C1. The van der Waals surface area contributed by atoms with Gasteiger partial charge in [-0.25, -0.2) is 9.59 Å². The summed E-state index contributed by atoms with van der Waals surface area (Å²) in [6.45, 7) is 8.28. The van der Waals surface area contributed by atoms with E-state index in [0.717, 1.165) is 18.5 Å². The molecule has 1 heterocycles. The molecule has 0 saturated carbocycles. The number of carbonyl (C=O) groups excluding carboxylic acids is 1. The summed E-state index contributed by atoms with van der Waals surface area (Å²) in [5, 5.41) is 9.11. The number of amides is 1. The molecular weight excluding hydrogens is 380 g/mol. The molecule has 6 nitrogen and oxygen atoms in total. The predicted octanol–water partition coefficient (Wildman–Crippen LogP) is 4.05. The van der Waals surface area contributed by atoms with Gasteiger partial charge in [-0.05, 0) is 50.5 Å². The zero-order valence-corrected chi connectivity index (χ0v) is 17.9. The Labute approximate surface area is 178 Å². The van der Waals surface area contributed by atoms with Crippen molar-refractivity contribution in [2.24, 2.45) is 0 Å². The van der Waals surface area contributed by atoms with Crippen molar-refractivity contribution in [1.82, 2.24) is 9.80 Å². The number of piperazine rings is 1. The summed E-state index contributed by atoms with van der Waals surface area (Å²) in [4.78, 5) is 27.9. The fourth-order valence-electron chi connectivity index (χ4n) is 3.66. The van der Waals surface area contributed by atoms with Crippen LogP contribution in [0, 0.1) is 0 Å². The molecule has 1 saturated heterocycles. The molecule has 2 aromatic rings. The van der Waals surface area contributed by atoms with Gasteiger partial charge in [-0.2, -0.15) is 0 Å². The molecule has 0 aliphatic carbocycles. The van der Waals surface area contributed by atoms with E-state index in [4.69, 9.17) is 9.84 Å². The first-order valence-corrected chi connectivity index (χ1v) is 10.3.